The highest BCUT2D eigenvalue weighted by molar-refractivity contribution is 6.10. The summed E-state index contributed by atoms with van der Waals surface area (Å²) in [7, 11) is 0. The first-order valence-corrected chi connectivity index (χ1v) is 10.7. The molecular weight excluding hydrogens is 384 g/mol. The minimum absolute atomic E-state index is 0.195. The Balaban J connectivity index is 1.62. The van der Waals surface area contributed by atoms with Gasteiger partial charge >= 0.3 is 0 Å². The topological polar surface area (TPSA) is 52.0 Å². The number of hydrogen-bond acceptors (Lipinski definition) is 3. The van der Waals surface area contributed by atoms with Crippen molar-refractivity contribution in [2.75, 3.05) is 0 Å². The molecule has 0 unspecified atom stereocenters. The van der Waals surface area contributed by atoms with Crippen LogP contribution in [0.4, 0.5) is 0 Å². The second-order valence-corrected chi connectivity index (χ2v) is 8.47. The zero-order valence-electron chi connectivity index (χ0n) is 17.8. The summed E-state index contributed by atoms with van der Waals surface area (Å²) in [5.41, 5.74) is 5.54. The van der Waals surface area contributed by atoms with E-state index in [1.165, 1.54) is 12.8 Å². The van der Waals surface area contributed by atoms with Crippen molar-refractivity contribution in [1.82, 2.24) is 9.55 Å². The molecule has 2 aromatic heterocycles. The van der Waals surface area contributed by atoms with Gasteiger partial charge in [-0.15, -0.1) is 0 Å². The summed E-state index contributed by atoms with van der Waals surface area (Å²) >= 11 is 0. The molecule has 1 aliphatic rings. The van der Waals surface area contributed by atoms with Crippen molar-refractivity contribution in [3.05, 3.63) is 111 Å². The second kappa shape index (κ2) is 7.62. The van der Waals surface area contributed by atoms with E-state index in [4.69, 9.17) is 4.98 Å². The Bertz CT molecular complexity index is 1380. The molecule has 1 aliphatic carbocycles. The van der Waals surface area contributed by atoms with Gasteiger partial charge in [-0.25, -0.2) is 0 Å². The standard InChI is InChI=1S/C27H24N2O2/c1-17-10-11-20(14-18(17)2)26(30)23-16-29(25-9-4-3-7-22(25)27(23)31)15-21-6-5-8-24(28-21)19-12-13-19/h3-11,14,16,19H,12-13,15H2,1-2H3. The minimum Gasteiger partial charge on any atom is -0.340 e. The van der Waals surface area contributed by atoms with E-state index in [1.54, 1.807) is 18.3 Å². The summed E-state index contributed by atoms with van der Waals surface area (Å²) in [6, 6.07) is 19.2. The SMILES string of the molecule is Cc1ccc(C(=O)c2cn(Cc3cccc(C4CC4)n3)c3ccccc3c2=O)cc1C. The van der Waals surface area contributed by atoms with Crippen LogP contribution in [0.1, 0.15) is 57.2 Å². The number of aryl methyl sites for hydroxylation is 2. The van der Waals surface area contributed by atoms with Crippen molar-refractivity contribution < 1.29 is 4.79 Å². The molecule has 1 fully saturated rings. The van der Waals surface area contributed by atoms with E-state index < -0.39 is 0 Å². The molecule has 0 aliphatic heterocycles. The normalized spacial score (nSPS) is 13.5. The smallest absolute Gasteiger partial charge is 0.200 e. The largest absolute Gasteiger partial charge is 0.340 e. The lowest BCUT2D eigenvalue weighted by molar-refractivity contribution is 0.103. The molecule has 5 rings (SSSR count). The third kappa shape index (κ3) is 3.70. The number of para-hydroxylation sites is 1. The quantitative estimate of drug-likeness (QED) is 0.428. The fourth-order valence-corrected chi connectivity index (χ4v) is 4.04. The molecule has 0 spiro atoms. The number of rotatable bonds is 5. The van der Waals surface area contributed by atoms with Gasteiger partial charge in [-0.05, 0) is 68.1 Å². The zero-order chi connectivity index (χ0) is 21.5. The number of carbonyl (C=O) groups excluding carboxylic acids is 1. The van der Waals surface area contributed by atoms with Crippen LogP contribution < -0.4 is 5.43 Å². The van der Waals surface area contributed by atoms with E-state index in [1.807, 2.05) is 60.9 Å². The van der Waals surface area contributed by atoms with Crippen molar-refractivity contribution in [2.45, 2.75) is 39.2 Å². The third-order valence-corrected chi connectivity index (χ3v) is 6.16. The number of hydrogen-bond donors (Lipinski definition) is 0. The Labute approximate surface area is 181 Å². The van der Waals surface area contributed by atoms with Crippen LogP contribution in [0, 0.1) is 13.8 Å². The Morgan fingerprint density at radius 1 is 1.00 bits per heavy atom. The molecule has 0 bridgehead atoms. The highest BCUT2D eigenvalue weighted by Crippen LogP contribution is 2.38. The van der Waals surface area contributed by atoms with Gasteiger partial charge in [-0.2, -0.15) is 0 Å². The predicted molar refractivity (Wildman–Crippen MR) is 123 cm³/mol. The molecule has 4 nitrogen and oxygen atoms in total. The average Bonchev–Trinajstić information content (AvgIpc) is 3.63. The van der Waals surface area contributed by atoms with Crippen LogP contribution in [0.2, 0.25) is 0 Å². The average molecular weight is 409 g/mol. The molecule has 0 saturated heterocycles. The number of fused-ring (bicyclic) bond motifs is 1. The molecule has 4 aromatic rings. The lowest BCUT2D eigenvalue weighted by Crippen LogP contribution is -2.20. The lowest BCUT2D eigenvalue weighted by Gasteiger charge is -2.14. The first-order chi connectivity index (χ1) is 15.0. The van der Waals surface area contributed by atoms with E-state index >= 15 is 0 Å². The van der Waals surface area contributed by atoms with E-state index in [0.717, 1.165) is 28.0 Å². The lowest BCUT2D eigenvalue weighted by atomic mass is 9.99. The van der Waals surface area contributed by atoms with Gasteiger partial charge in [0.15, 0.2) is 5.78 Å². The highest BCUT2D eigenvalue weighted by Gasteiger charge is 2.25. The summed E-state index contributed by atoms with van der Waals surface area (Å²) in [6.45, 7) is 4.49. The van der Waals surface area contributed by atoms with Crippen LogP contribution in [0.3, 0.4) is 0 Å². The molecule has 0 radical (unpaired) electrons. The minimum atomic E-state index is -0.243. The van der Waals surface area contributed by atoms with Crippen molar-refractivity contribution in [3.8, 4) is 0 Å². The highest BCUT2D eigenvalue weighted by atomic mass is 16.1. The number of nitrogens with zero attached hydrogens (tertiary/aromatic N) is 2. The summed E-state index contributed by atoms with van der Waals surface area (Å²) < 4.78 is 1.98. The van der Waals surface area contributed by atoms with E-state index in [2.05, 4.69) is 6.07 Å². The second-order valence-electron chi connectivity index (χ2n) is 8.47. The van der Waals surface area contributed by atoms with E-state index in [-0.39, 0.29) is 16.8 Å². The van der Waals surface area contributed by atoms with Gasteiger partial charge in [0, 0.05) is 28.8 Å². The number of pyridine rings is 2. The van der Waals surface area contributed by atoms with Gasteiger partial charge in [0.05, 0.1) is 23.3 Å². The molecule has 31 heavy (non-hydrogen) atoms. The summed E-state index contributed by atoms with van der Waals surface area (Å²) in [6.07, 6.45) is 4.10. The summed E-state index contributed by atoms with van der Waals surface area (Å²) in [5.74, 6) is 0.333. The van der Waals surface area contributed by atoms with Gasteiger partial charge in [0.25, 0.3) is 0 Å². The van der Waals surface area contributed by atoms with Gasteiger partial charge in [0.2, 0.25) is 5.43 Å². The fraction of sp³-hybridized carbons (Fsp3) is 0.222. The number of ketones is 1. The molecule has 2 aromatic carbocycles. The molecule has 0 amide bonds. The van der Waals surface area contributed by atoms with Crippen molar-refractivity contribution >= 4 is 16.7 Å². The van der Waals surface area contributed by atoms with Crippen LogP contribution in [0.5, 0.6) is 0 Å². The fourth-order valence-electron chi connectivity index (χ4n) is 4.04. The molecule has 2 heterocycles. The van der Waals surface area contributed by atoms with Crippen LogP contribution in [0.15, 0.2) is 71.7 Å². The molecule has 4 heteroatoms. The third-order valence-electron chi connectivity index (χ3n) is 6.16. The number of carbonyl (C=O) groups is 1. The van der Waals surface area contributed by atoms with Crippen LogP contribution >= 0.6 is 0 Å². The maximum absolute atomic E-state index is 13.3. The predicted octanol–water partition coefficient (Wildman–Crippen LogP) is 5.17. The monoisotopic (exact) mass is 408 g/mol. The summed E-state index contributed by atoms with van der Waals surface area (Å²) in [4.78, 5) is 31.3. The van der Waals surface area contributed by atoms with E-state index in [0.29, 0.717) is 23.4 Å². The summed E-state index contributed by atoms with van der Waals surface area (Å²) in [5, 5.41) is 0.551. The number of aromatic nitrogens is 2. The van der Waals surface area contributed by atoms with Gasteiger partial charge in [-0.3, -0.25) is 14.6 Å². The Morgan fingerprint density at radius 3 is 2.58 bits per heavy atom. The molecule has 0 N–H and O–H groups in total. The van der Waals surface area contributed by atoms with Gasteiger partial charge in [-0.1, -0.05) is 30.3 Å². The first-order valence-electron chi connectivity index (χ1n) is 10.7. The Kier molecular flexibility index (Phi) is 4.78. The molecule has 1 saturated carbocycles. The maximum atomic E-state index is 13.3. The zero-order valence-corrected chi connectivity index (χ0v) is 17.8. The van der Waals surface area contributed by atoms with E-state index in [9.17, 15) is 9.59 Å². The molecule has 154 valence electrons. The first kappa shape index (κ1) is 19.4. The maximum Gasteiger partial charge on any atom is 0.200 e. The Morgan fingerprint density at radius 2 is 1.81 bits per heavy atom. The van der Waals surface area contributed by atoms with Gasteiger partial charge in [0.1, 0.15) is 0 Å². The molecule has 0 atom stereocenters. The number of benzene rings is 2. The van der Waals surface area contributed by atoms with Crippen LogP contribution in [-0.4, -0.2) is 15.3 Å². The van der Waals surface area contributed by atoms with Crippen molar-refractivity contribution in [2.24, 2.45) is 0 Å². The molecular formula is C27H24N2O2. The van der Waals surface area contributed by atoms with Crippen molar-refractivity contribution in [3.63, 3.8) is 0 Å². The van der Waals surface area contributed by atoms with Crippen LogP contribution in [0.25, 0.3) is 10.9 Å². The van der Waals surface area contributed by atoms with Crippen molar-refractivity contribution in [1.29, 1.82) is 0 Å². The van der Waals surface area contributed by atoms with Crippen LogP contribution in [-0.2, 0) is 6.54 Å². The Hall–Kier alpha value is -3.53. The van der Waals surface area contributed by atoms with Gasteiger partial charge < -0.3 is 4.57 Å².